The van der Waals surface area contributed by atoms with Crippen LogP contribution >= 0.6 is 0 Å². The number of carbonyl (C=O) groups excluding carboxylic acids is 6. The number of benzene rings is 1. The van der Waals surface area contributed by atoms with Crippen molar-refractivity contribution < 1.29 is 28.8 Å². The van der Waals surface area contributed by atoms with Crippen LogP contribution in [0.3, 0.4) is 0 Å². The normalized spacial score (nSPS) is 20.5. The number of carbonyl (C=O) groups is 6. The Balaban J connectivity index is 1.53. The van der Waals surface area contributed by atoms with E-state index in [1.165, 1.54) is 23.5 Å². The topological polar surface area (TPSA) is 180 Å². The maximum absolute atomic E-state index is 14.5. The molecule has 1 aromatic carbocycles. The Hall–Kier alpha value is -4.94. The monoisotopic (exact) mass is 701 g/mol. The van der Waals surface area contributed by atoms with Crippen LogP contribution in [0, 0.1) is 23.2 Å². The van der Waals surface area contributed by atoms with E-state index in [1.807, 2.05) is 70.2 Å². The van der Waals surface area contributed by atoms with Crippen LogP contribution in [-0.2, 0) is 24.0 Å². The molecule has 1 aliphatic carbocycles. The number of rotatable bonds is 14. The Kier molecular flexibility index (Phi) is 12.8. The predicted octanol–water partition coefficient (Wildman–Crippen LogP) is 2.90. The predicted molar refractivity (Wildman–Crippen MR) is 191 cm³/mol. The average Bonchev–Trinajstić information content (AvgIpc) is 3.70. The summed E-state index contributed by atoms with van der Waals surface area (Å²) in [4.78, 5) is 91.2. The van der Waals surface area contributed by atoms with Gasteiger partial charge in [-0.05, 0) is 42.6 Å². The molecule has 4 rings (SSSR count). The maximum Gasteiger partial charge on any atom is 0.290 e. The number of amides is 5. The van der Waals surface area contributed by atoms with Gasteiger partial charge in [0, 0.05) is 24.9 Å². The molecule has 13 heteroatoms. The molecule has 0 radical (unpaired) electrons. The molecule has 2 aromatic rings. The van der Waals surface area contributed by atoms with E-state index < -0.39 is 70.9 Å². The van der Waals surface area contributed by atoms with Crippen molar-refractivity contribution in [3.8, 4) is 0 Å². The number of aromatic nitrogens is 2. The van der Waals surface area contributed by atoms with Crippen molar-refractivity contribution in [3.05, 3.63) is 72.3 Å². The number of nitrogens with zero attached hydrogens (tertiary/aromatic N) is 3. The van der Waals surface area contributed by atoms with Crippen molar-refractivity contribution in [2.24, 2.45) is 23.2 Å². The molecule has 2 aliphatic rings. The van der Waals surface area contributed by atoms with Gasteiger partial charge in [0.05, 0.1) is 18.3 Å². The lowest BCUT2D eigenvalue weighted by Crippen LogP contribution is -2.62. The smallest absolute Gasteiger partial charge is 0.290 e. The summed E-state index contributed by atoms with van der Waals surface area (Å²) in [6, 6.07) is 4.76. The Morgan fingerprint density at radius 3 is 2.25 bits per heavy atom. The first kappa shape index (κ1) is 38.9. The SMILES string of the molecule is CCCC(NC(=O)[C@@H]1[C@H]2CC=C[C@H]2CN1C(=O)[C@@H](NC(=O)[C@@H](NC(=O)c1cnccn1)C(C)C)C(C)(C)C)C(=O)C(=O)N[C@@H](C)c1ccccc1. The van der Waals surface area contributed by atoms with Gasteiger partial charge in [-0.2, -0.15) is 0 Å². The van der Waals surface area contributed by atoms with Gasteiger partial charge in [-0.25, -0.2) is 4.98 Å². The number of Topliss-reactive ketones (excluding diaryl/α,β-unsaturated/α-hetero) is 1. The highest BCUT2D eigenvalue weighted by atomic mass is 16.2. The number of likely N-dealkylation sites (tertiary alicyclic amines) is 1. The van der Waals surface area contributed by atoms with Gasteiger partial charge in [0.25, 0.3) is 11.8 Å². The Labute approximate surface area is 299 Å². The van der Waals surface area contributed by atoms with Crippen molar-refractivity contribution >= 4 is 35.3 Å². The number of hydrogen-bond acceptors (Lipinski definition) is 8. The lowest BCUT2D eigenvalue weighted by Gasteiger charge is -2.37. The van der Waals surface area contributed by atoms with Gasteiger partial charge >= 0.3 is 0 Å². The third kappa shape index (κ3) is 9.44. The van der Waals surface area contributed by atoms with Gasteiger partial charge < -0.3 is 26.2 Å². The molecule has 274 valence electrons. The first-order chi connectivity index (χ1) is 24.1. The van der Waals surface area contributed by atoms with Crippen molar-refractivity contribution in [3.63, 3.8) is 0 Å². The zero-order valence-electron chi connectivity index (χ0n) is 30.5. The number of hydrogen-bond donors (Lipinski definition) is 4. The number of ketones is 1. The molecule has 1 aromatic heterocycles. The van der Waals surface area contributed by atoms with Crippen LogP contribution in [0.25, 0.3) is 0 Å². The first-order valence-electron chi connectivity index (χ1n) is 17.7. The standard InChI is InChI=1S/C38H51N7O6/c1-8-13-27(31(46)36(50)41-23(4)24-14-10-9-11-15-24)42-35(49)30-26-17-12-16-25(26)21-45(30)37(51)32(38(5,6)7)44-34(48)29(22(2)3)43-33(47)28-20-39-18-19-40-28/h9-12,14-16,18-20,22-23,25-27,29-30,32H,8,13,17,21H2,1-7H3,(H,41,50)(H,42,49)(H,43,47)(H,44,48)/t23-,25-,26-,27?,29-,30-,32+/m0/s1. The van der Waals surface area contributed by atoms with Crippen LogP contribution < -0.4 is 21.3 Å². The molecule has 1 unspecified atom stereocenters. The van der Waals surface area contributed by atoms with Crippen LogP contribution in [0.5, 0.6) is 0 Å². The van der Waals surface area contributed by atoms with Crippen molar-refractivity contribution in [1.82, 2.24) is 36.1 Å². The van der Waals surface area contributed by atoms with Gasteiger partial charge in [0.2, 0.25) is 23.5 Å². The second kappa shape index (κ2) is 16.8. The largest absolute Gasteiger partial charge is 0.344 e. The molecule has 13 nitrogen and oxygen atoms in total. The fourth-order valence-electron chi connectivity index (χ4n) is 6.70. The van der Waals surface area contributed by atoms with Gasteiger partial charge in [-0.1, -0.05) is 90.4 Å². The molecule has 7 atom stereocenters. The maximum atomic E-state index is 14.5. The van der Waals surface area contributed by atoms with Crippen LogP contribution in [-0.4, -0.2) is 80.9 Å². The minimum Gasteiger partial charge on any atom is -0.344 e. The highest BCUT2D eigenvalue weighted by Crippen LogP contribution is 2.39. The molecule has 0 spiro atoms. The van der Waals surface area contributed by atoms with Gasteiger partial charge in [0.15, 0.2) is 0 Å². The molecular formula is C38H51N7O6. The van der Waals surface area contributed by atoms with E-state index in [4.69, 9.17) is 0 Å². The Bertz CT molecular complexity index is 1610. The fourth-order valence-corrected chi connectivity index (χ4v) is 6.70. The zero-order valence-corrected chi connectivity index (χ0v) is 30.5. The first-order valence-corrected chi connectivity index (χ1v) is 17.7. The summed E-state index contributed by atoms with van der Waals surface area (Å²) < 4.78 is 0. The van der Waals surface area contributed by atoms with E-state index in [-0.39, 0.29) is 36.4 Å². The van der Waals surface area contributed by atoms with E-state index in [2.05, 4.69) is 31.2 Å². The van der Waals surface area contributed by atoms with E-state index in [9.17, 15) is 28.8 Å². The van der Waals surface area contributed by atoms with E-state index in [1.54, 1.807) is 20.8 Å². The van der Waals surface area contributed by atoms with Crippen LogP contribution in [0.2, 0.25) is 0 Å². The number of nitrogens with one attached hydrogen (secondary N) is 4. The third-order valence-corrected chi connectivity index (χ3v) is 9.55. The average molecular weight is 702 g/mol. The molecule has 0 bridgehead atoms. The highest BCUT2D eigenvalue weighted by Gasteiger charge is 2.51. The lowest BCUT2D eigenvalue weighted by molar-refractivity contribution is -0.146. The molecule has 1 fully saturated rings. The minimum atomic E-state index is -1.08. The summed E-state index contributed by atoms with van der Waals surface area (Å²) in [5.41, 5.74) is 0.0992. The molecule has 0 saturated carbocycles. The second-order valence-electron chi connectivity index (χ2n) is 14.8. The lowest BCUT2D eigenvalue weighted by atomic mass is 9.84. The summed E-state index contributed by atoms with van der Waals surface area (Å²) in [5.74, 6) is -4.32. The van der Waals surface area contributed by atoms with Gasteiger partial charge in [-0.3, -0.25) is 33.8 Å². The van der Waals surface area contributed by atoms with E-state index >= 15 is 0 Å². The van der Waals surface area contributed by atoms with Crippen LogP contribution in [0.1, 0.15) is 89.8 Å². The number of fused-ring (bicyclic) bond motifs is 1. The second-order valence-corrected chi connectivity index (χ2v) is 14.8. The number of allylic oxidation sites excluding steroid dienone is 1. The van der Waals surface area contributed by atoms with Crippen LogP contribution in [0.4, 0.5) is 0 Å². The Morgan fingerprint density at radius 2 is 1.65 bits per heavy atom. The van der Waals surface area contributed by atoms with Crippen molar-refractivity contribution in [1.29, 1.82) is 0 Å². The van der Waals surface area contributed by atoms with Crippen molar-refractivity contribution in [2.45, 2.75) is 97.9 Å². The molecule has 1 aliphatic heterocycles. The van der Waals surface area contributed by atoms with E-state index in [0.29, 0.717) is 12.8 Å². The summed E-state index contributed by atoms with van der Waals surface area (Å²) in [6.07, 6.45) is 9.42. The summed E-state index contributed by atoms with van der Waals surface area (Å²) in [7, 11) is 0. The zero-order chi connectivity index (χ0) is 37.5. The van der Waals surface area contributed by atoms with Crippen LogP contribution in [0.15, 0.2) is 61.1 Å². The van der Waals surface area contributed by atoms with Crippen molar-refractivity contribution in [2.75, 3.05) is 6.54 Å². The molecule has 1 saturated heterocycles. The summed E-state index contributed by atoms with van der Waals surface area (Å²) in [6.45, 7) is 12.9. The van der Waals surface area contributed by atoms with Gasteiger partial charge in [-0.15, -0.1) is 0 Å². The molecule has 5 amide bonds. The quantitative estimate of drug-likeness (QED) is 0.172. The van der Waals surface area contributed by atoms with Gasteiger partial charge in [0.1, 0.15) is 23.8 Å². The summed E-state index contributed by atoms with van der Waals surface area (Å²) >= 11 is 0. The molecule has 4 N–H and O–H groups in total. The Morgan fingerprint density at radius 1 is 0.941 bits per heavy atom. The minimum absolute atomic E-state index is 0.0490. The molecule has 2 heterocycles. The van der Waals surface area contributed by atoms with E-state index in [0.717, 1.165) is 5.56 Å². The summed E-state index contributed by atoms with van der Waals surface area (Å²) in [5, 5.41) is 11.2. The third-order valence-electron chi connectivity index (χ3n) is 9.55. The molecular weight excluding hydrogens is 650 g/mol. The fraction of sp³-hybridized carbons (Fsp3) is 0.526. The highest BCUT2D eigenvalue weighted by molar-refractivity contribution is 6.38. The molecule has 51 heavy (non-hydrogen) atoms.